The third kappa shape index (κ3) is 8.11. The molecular formula is C14H21F3IN3S. The number of guanidine groups is 1. The molecule has 0 bridgehead atoms. The number of aliphatic imine (C=N–C) groups is 1. The number of hydrogen-bond acceptors (Lipinski definition) is 2. The zero-order chi connectivity index (χ0) is 15.7. The Bertz CT molecular complexity index is 450. The Morgan fingerprint density at radius 2 is 1.73 bits per heavy atom. The number of rotatable bonds is 6. The molecule has 22 heavy (non-hydrogen) atoms. The summed E-state index contributed by atoms with van der Waals surface area (Å²) in [6, 6.07) is 5.24. The fraction of sp³-hybridized carbons (Fsp3) is 0.500. The Labute approximate surface area is 150 Å². The van der Waals surface area contributed by atoms with Crippen LogP contribution in [0.2, 0.25) is 0 Å². The molecule has 0 heterocycles. The summed E-state index contributed by atoms with van der Waals surface area (Å²) in [5.41, 5.74) is 0.240. The Morgan fingerprint density at radius 3 is 2.23 bits per heavy atom. The minimum absolute atomic E-state index is 0. The van der Waals surface area contributed by atoms with Crippen molar-refractivity contribution in [1.82, 2.24) is 10.6 Å². The number of thioether (sulfide) groups is 1. The first kappa shape index (κ1) is 21.4. The first-order chi connectivity index (χ1) is 9.97. The fourth-order valence-corrected chi connectivity index (χ4v) is 1.98. The number of nitrogens with zero attached hydrogens (tertiary/aromatic N) is 1. The summed E-state index contributed by atoms with van der Waals surface area (Å²) in [4.78, 5) is 4.07. The average molecular weight is 447 g/mol. The Kier molecular flexibility index (Phi) is 10.7. The minimum Gasteiger partial charge on any atom is -0.356 e. The van der Waals surface area contributed by atoms with Gasteiger partial charge in [0.05, 0.1) is 5.56 Å². The summed E-state index contributed by atoms with van der Waals surface area (Å²) >= 11 is 1.74. The molecule has 0 radical (unpaired) electrons. The summed E-state index contributed by atoms with van der Waals surface area (Å²) < 4.78 is 37.3. The molecule has 2 N–H and O–H groups in total. The summed E-state index contributed by atoms with van der Waals surface area (Å²) in [6.07, 6.45) is -1.61. The molecular weight excluding hydrogens is 426 g/mol. The maximum Gasteiger partial charge on any atom is 0.416 e. The van der Waals surface area contributed by atoms with Gasteiger partial charge in [0.25, 0.3) is 0 Å². The molecule has 0 aliphatic carbocycles. The van der Waals surface area contributed by atoms with Crippen molar-refractivity contribution < 1.29 is 13.2 Å². The van der Waals surface area contributed by atoms with Gasteiger partial charge in [0.1, 0.15) is 0 Å². The molecule has 0 aliphatic rings. The highest BCUT2D eigenvalue weighted by molar-refractivity contribution is 14.0. The molecule has 1 aromatic rings. The molecule has 0 fully saturated rings. The molecule has 8 heteroatoms. The molecule has 0 amide bonds. The Hall–Kier alpha value is -0.640. The van der Waals surface area contributed by atoms with Crippen molar-refractivity contribution >= 4 is 41.7 Å². The lowest BCUT2D eigenvalue weighted by Gasteiger charge is -2.12. The van der Waals surface area contributed by atoms with E-state index in [-0.39, 0.29) is 24.0 Å². The molecule has 3 nitrogen and oxygen atoms in total. The van der Waals surface area contributed by atoms with Gasteiger partial charge in [-0.3, -0.25) is 4.99 Å². The van der Waals surface area contributed by atoms with Gasteiger partial charge in [-0.15, -0.1) is 24.0 Å². The van der Waals surface area contributed by atoms with E-state index in [1.165, 1.54) is 12.1 Å². The largest absolute Gasteiger partial charge is 0.416 e. The molecule has 126 valence electrons. The normalized spacial score (nSPS) is 11.8. The van der Waals surface area contributed by atoms with E-state index in [0.29, 0.717) is 18.9 Å². The number of halogens is 4. The molecule has 1 rings (SSSR count). The van der Waals surface area contributed by atoms with Gasteiger partial charge in [0, 0.05) is 25.9 Å². The van der Waals surface area contributed by atoms with Crippen LogP contribution in [0.15, 0.2) is 29.3 Å². The quantitative estimate of drug-likeness (QED) is 0.304. The monoisotopic (exact) mass is 447 g/mol. The van der Waals surface area contributed by atoms with Crippen molar-refractivity contribution in [3.05, 3.63) is 35.4 Å². The van der Waals surface area contributed by atoms with Crippen molar-refractivity contribution in [2.75, 3.05) is 32.1 Å². The van der Waals surface area contributed by atoms with Gasteiger partial charge in [0.15, 0.2) is 5.96 Å². The van der Waals surface area contributed by atoms with Crippen molar-refractivity contribution in [1.29, 1.82) is 0 Å². The van der Waals surface area contributed by atoms with Crippen LogP contribution >= 0.6 is 35.7 Å². The van der Waals surface area contributed by atoms with E-state index in [0.717, 1.165) is 30.0 Å². The van der Waals surface area contributed by atoms with E-state index >= 15 is 0 Å². The van der Waals surface area contributed by atoms with Crippen molar-refractivity contribution in [2.24, 2.45) is 4.99 Å². The van der Waals surface area contributed by atoms with Gasteiger partial charge >= 0.3 is 6.18 Å². The second-order valence-electron chi connectivity index (χ2n) is 4.36. The van der Waals surface area contributed by atoms with Gasteiger partial charge < -0.3 is 10.6 Å². The Morgan fingerprint density at radius 1 is 1.14 bits per heavy atom. The molecule has 0 atom stereocenters. The highest BCUT2D eigenvalue weighted by Crippen LogP contribution is 2.29. The summed E-state index contributed by atoms with van der Waals surface area (Å²) in [5, 5.41) is 6.28. The van der Waals surface area contributed by atoms with Crippen molar-refractivity contribution in [3.63, 3.8) is 0 Å². The first-order valence-corrected chi connectivity index (χ1v) is 7.96. The third-order valence-corrected chi connectivity index (χ3v) is 3.42. The number of nitrogens with one attached hydrogen (secondary N) is 2. The molecule has 1 aromatic carbocycles. The lowest BCUT2D eigenvalue weighted by atomic mass is 10.1. The SMILES string of the molecule is CN=C(NCCSC)NCCc1ccc(C(F)(F)F)cc1.I. The molecule has 0 saturated carbocycles. The molecule has 0 aromatic heterocycles. The van der Waals surface area contributed by atoms with Crippen LogP contribution in [0.4, 0.5) is 13.2 Å². The van der Waals surface area contributed by atoms with E-state index < -0.39 is 11.7 Å². The van der Waals surface area contributed by atoms with E-state index in [9.17, 15) is 13.2 Å². The van der Waals surface area contributed by atoms with E-state index in [4.69, 9.17) is 0 Å². The number of benzene rings is 1. The van der Waals surface area contributed by atoms with Crippen LogP contribution < -0.4 is 10.6 Å². The van der Waals surface area contributed by atoms with Gasteiger partial charge in [-0.1, -0.05) is 12.1 Å². The molecule has 0 saturated heterocycles. The van der Waals surface area contributed by atoms with Crippen LogP contribution in [-0.2, 0) is 12.6 Å². The fourth-order valence-electron chi connectivity index (χ4n) is 1.68. The van der Waals surface area contributed by atoms with Crippen LogP contribution in [0.5, 0.6) is 0 Å². The Balaban J connectivity index is 0.00000441. The summed E-state index contributed by atoms with van der Waals surface area (Å²) in [6.45, 7) is 1.44. The lowest BCUT2D eigenvalue weighted by molar-refractivity contribution is -0.137. The van der Waals surface area contributed by atoms with Crippen molar-refractivity contribution in [3.8, 4) is 0 Å². The summed E-state index contributed by atoms with van der Waals surface area (Å²) in [7, 11) is 1.69. The van der Waals surface area contributed by atoms with Crippen LogP contribution in [0, 0.1) is 0 Å². The van der Waals surface area contributed by atoms with E-state index in [1.54, 1.807) is 18.8 Å². The van der Waals surface area contributed by atoms with Crippen LogP contribution in [0.3, 0.4) is 0 Å². The maximum absolute atomic E-state index is 12.4. The second kappa shape index (κ2) is 11.0. The van der Waals surface area contributed by atoms with Crippen LogP contribution in [-0.4, -0.2) is 38.1 Å². The number of hydrogen-bond donors (Lipinski definition) is 2. The van der Waals surface area contributed by atoms with Crippen LogP contribution in [0.25, 0.3) is 0 Å². The molecule has 0 unspecified atom stereocenters. The lowest BCUT2D eigenvalue weighted by Crippen LogP contribution is -2.39. The predicted octanol–water partition coefficient (Wildman–Crippen LogP) is 3.39. The van der Waals surface area contributed by atoms with Crippen molar-refractivity contribution in [2.45, 2.75) is 12.6 Å². The smallest absolute Gasteiger partial charge is 0.356 e. The van der Waals surface area contributed by atoms with E-state index in [2.05, 4.69) is 15.6 Å². The standard InChI is InChI=1S/C14H20F3N3S.HI/c1-18-13(20-9-10-21-2)19-8-7-11-3-5-12(6-4-11)14(15,16)17;/h3-6H,7-10H2,1-2H3,(H2,18,19,20);1H. The van der Waals surface area contributed by atoms with Gasteiger partial charge in [-0.2, -0.15) is 24.9 Å². The molecule has 0 spiro atoms. The zero-order valence-corrected chi connectivity index (χ0v) is 15.7. The third-order valence-electron chi connectivity index (χ3n) is 2.81. The summed E-state index contributed by atoms with van der Waals surface area (Å²) in [5.74, 6) is 1.69. The maximum atomic E-state index is 12.4. The highest BCUT2D eigenvalue weighted by Gasteiger charge is 2.29. The predicted molar refractivity (Wildman–Crippen MR) is 98.3 cm³/mol. The topological polar surface area (TPSA) is 36.4 Å². The highest BCUT2D eigenvalue weighted by atomic mass is 127. The number of alkyl halides is 3. The first-order valence-electron chi connectivity index (χ1n) is 6.57. The van der Waals surface area contributed by atoms with Gasteiger partial charge in [0.2, 0.25) is 0 Å². The minimum atomic E-state index is -4.28. The van der Waals surface area contributed by atoms with Crippen LogP contribution in [0.1, 0.15) is 11.1 Å². The van der Waals surface area contributed by atoms with Gasteiger partial charge in [-0.05, 0) is 30.4 Å². The zero-order valence-electron chi connectivity index (χ0n) is 12.5. The second-order valence-corrected chi connectivity index (χ2v) is 5.35. The average Bonchev–Trinajstić information content (AvgIpc) is 2.45. The molecule has 0 aliphatic heterocycles. The van der Waals surface area contributed by atoms with E-state index in [1.807, 2.05) is 6.26 Å². The van der Waals surface area contributed by atoms with Gasteiger partial charge in [-0.25, -0.2) is 0 Å².